The maximum absolute atomic E-state index is 6.03. The number of nitrogens with zero attached hydrogens (tertiary/aromatic N) is 1. The van der Waals surface area contributed by atoms with Crippen LogP contribution in [0.25, 0.3) is 0 Å². The standard InChI is InChI=1S/C13H26N2/c1-12(7-8-12)13(2,10-14)15(3)9-11-5-4-6-11/h11H,4-10,14H2,1-3H3. The Hall–Kier alpha value is -0.0800. The Morgan fingerprint density at radius 3 is 2.33 bits per heavy atom. The van der Waals surface area contributed by atoms with Crippen molar-refractivity contribution >= 4 is 0 Å². The van der Waals surface area contributed by atoms with Crippen LogP contribution in [0.1, 0.15) is 46.0 Å². The molecule has 0 aromatic rings. The van der Waals surface area contributed by atoms with Crippen molar-refractivity contribution in [1.29, 1.82) is 0 Å². The van der Waals surface area contributed by atoms with Gasteiger partial charge < -0.3 is 5.73 Å². The average molecular weight is 210 g/mol. The van der Waals surface area contributed by atoms with Gasteiger partial charge in [0.25, 0.3) is 0 Å². The lowest BCUT2D eigenvalue weighted by Gasteiger charge is -2.46. The van der Waals surface area contributed by atoms with E-state index in [-0.39, 0.29) is 5.54 Å². The Morgan fingerprint density at radius 2 is 2.00 bits per heavy atom. The van der Waals surface area contributed by atoms with Gasteiger partial charge in [-0.3, -0.25) is 4.90 Å². The van der Waals surface area contributed by atoms with Crippen molar-refractivity contribution < 1.29 is 0 Å². The second-order valence-electron chi connectivity index (χ2n) is 6.22. The van der Waals surface area contributed by atoms with Crippen molar-refractivity contribution in [1.82, 2.24) is 4.90 Å². The van der Waals surface area contributed by atoms with Crippen molar-refractivity contribution in [3.63, 3.8) is 0 Å². The van der Waals surface area contributed by atoms with Crippen LogP contribution in [-0.2, 0) is 0 Å². The van der Waals surface area contributed by atoms with Crippen LogP contribution in [0.15, 0.2) is 0 Å². The van der Waals surface area contributed by atoms with E-state index in [1.165, 1.54) is 38.6 Å². The fourth-order valence-electron chi connectivity index (χ4n) is 2.85. The first-order chi connectivity index (χ1) is 7.02. The Kier molecular flexibility index (Phi) is 2.85. The Balaban J connectivity index is 1.97. The topological polar surface area (TPSA) is 29.3 Å². The van der Waals surface area contributed by atoms with Crippen LogP contribution in [0.4, 0.5) is 0 Å². The van der Waals surface area contributed by atoms with E-state index in [9.17, 15) is 0 Å². The van der Waals surface area contributed by atoms with Crippen LogP contribution in [0, 0.1) is 11.3 Å². The average Bonchev–Trinajstić information content (AvgIpc) is 2.89. The summed E-state index contributed by atoms with van der Waals surface area (Å²) in [5.41, 5.74) is 6.74. The lowest BCUT2D eigenvalue weighted by atomic mass is 9.79. The fourth-order valence-corrected chi connectivity index (χ4v) is 2.85. The highest BCUT2D eigenvalue weighted by Gasteiger charge is 2.54. The van der Waals surface area contributed by atoms with E-state index < -0.39 is 0 Å². The SMILES string of the molecule is CN(CC1CCC1)C(C)(CN)C1(C)CC1. The third kappa shape index (κ3) is 1.83. The Morgan fingerprint density at radius 1 is 1.40 bits per heavy atom. The first-order valence-electron chi connectivity index (χ1n) is 6.43. The minimum atomic E-state index is 0.225. The number of hydrogen-bond acceptors (Lipinski definition) is 2. The maximum Gasteiger partial charge on any atom is 0.0354 e. The van der Waals surface area contributed by atoms with E-state index in [4.69, 9.17) is 5.73 Å². The van der Waals surface area contributed by atoms with E-state index in [1.54, 1.807) is 0 Å². The number of likely N-dealkylation sites (N-methyl/N-ethyl adjacent to an activating group) is 1. The zero-order chi connectivity index (χ0) is 11.1. The maximum atomic E-state index is 6.03. The van der Waals surface area contributed by atoms with Crippen molar-refractivity contribution in [2.24, 2.45) is 17.1 Å². The number of rotatable bonds is 5. The quantitative estimate of drug-likeness (QED) is 0.754. The summed E-state index contributed by atoms with van der Waals surface area (Å²) in [5.74, 6) is 0.947. The van der Waals surface area contributed by atoms with Crippen LogP contribution in [0.2, 0.25) is 0 Å². The van der Waals surface area contributed by atoms with Crippen LogP contribution in [0.3, 0.4) is 0 Å². The molecule has 2 rings (SSSR count). The number of hydrogen-bond donors (Lipinski definition) is 1. The minimum absolute atomic E-state index is 0.225. The Bertz CT molecular complexity index is 231. The molecule has 2 nitrogen and oxygen atoms in total. The van der Waals surface area contributed by atoms with E-state index in [0.717, 1.165) is 12.5 Å². The summed E-state index contributed by atoms with van der Waals surface area (Å²) in [4.78, 5) is 2.55. The second-order valence-corrected chi connectivity index (χ2v) is 6.22. The van der Waals surface area contributed by atoms with Crippen molar-refractivity contribution in [3.8, 4) is 0 Å². The van der Waals surface area contributed by atoms with Crippen LogP contribution < -0.4 is 5.73 Å². The summed E-state index contributed by atoms with van der Waals surface area (Å²) >= 11 is 0. The van der Waals surface area contributed by atoms with E-state index in [1.807, 2.05) is 0 Å². The van der Waals surface area contributed by atoms with E-state index >= 15 is 0 Å². The highest BCUT2D eigenvalue weighted by molar-refractivity contribution is 5.09. The Labute approximate surface area is 94.2 Å². The third-order valence-corrected chi connectivity index (χ3v) is 5.30. The summed E-state index contributed by atoms with van der Waals surface area (Å²) in [7, 11) is 2.27. The molecule has 15 heavy (non-hydrogen) atoms. The third-order valence-electron chi connectivity index (χ3n) is 5.30. The van der Waals surface area contributed by atoms with Crippen molar-refractivity contribution in [2.75, 3.05) is 20.1 Å². The lowest BCUT2D eigenvalue weighted by molar-refractivity contribution is 0.0450. The zero-order valence-corrected chi connectivity index (χ0v) is 10.6. The van der Waals surface area contributed by atoms with Gasteiger partial charge in [-0.1, -0.05) is 13.3 Å². The van der Waals surface area contributed by atoms with Crippen LogP contribution in [0.5, 0.6) is 0 Å². The largest absolute Gasteiger partial charge is 0.329 e. The summed E-state index contributed by atoms with van der Waals surface area (Å²) < 4.78 is 0. The molecule has 0 aromatic heterocycles. The molecule has 2 N–H and O–H groups in total. The molecule has 0 spiro atoms. The highest BCUT2D eigenvalue weighted by atomic mass is 15.2. The molecule has 1 atom stereocenters. The van der Waals surface area contributed by atoms with E-state index in [2.05, 4.69) is 25.8 Å². The molecule has 1 unspecified atom stereocenters. The van der Waals surface area contributed by atoms with E-state index in [0.29, 0.717) is 5.41 Å². The van der Waals surface area contributed by atoms with Gasteiger partial charge in [0.15, 0.2) is 0 Å². The molecule has 0 heterocycles. The van der Waals surface area contributed by atoms with Crippen LogP contribution in [-0.4, -0.2) is 30.6 Å². The molecule has 0 bridgehead atoms. The first-order valence-corrected chi connectivity index (χ1v) is 6.43. The van der Waals surface area contributed by atoms with Gasteiger partial charge in [0.1, 0.15) is 0 Å². The van der Waals surface area contributed by atoms with Gasteiger partial charge in [-0.25, -0.2) is 0 Å². The van der Waals surface area contributed by atoms with Gasteiger partial charge >= 0.3 is 0 Å². The summed E-state index contributed by atoms with van der Waals surface area (Å²) in [6, 6.07) is 0. The van der Waals surface area contributed by atoms with Gasteiger partial charge in [0, 0.05) is 18.6 Å². The molecule has 2 saturated carbocycles. The summed E-state index contributed by atoms with van der Waals surface area (Å²) in [6.45, 7) is 6.81. The molecule has 0 aliphatic heterocycles. The summed E-state index contributed by atoms with van der Waals surface area (Å²) in [6.07, 6.45) is 7.02. The number of nitrogens with two attached hydrogens (primary N) is 1. The predicted octanol–water partition coefficient (Wildman–Crippen LogP) is 2.24. The van der Waals surface area contributed by atoms with Gasteiger partial charge in [-0.05, 0) is 51.0 Å². The highest BCUT2D eigenvalue weighted by Crippen LogP contribution is 2.55. The molecule has 0 aromatic carbocycles. The fraction of sp³-hybridized carbons (Fsp3) is 1.00. The minimum Gasteiger partial charge on any atom is -0.329 e. The molecule has 88 valence electrons. The second kappa shape index (κ2) is 3.74. The van der Waals surface area contributed by atoms with Gasteiger partial charge in [0.2, 0.25) is 0 Å². The summed E-state index contributed by atoms with van der Waals surface area (Å²) in [5, 5.41) is 0. The molecule has 0 saturated heterocycles. The smallest absolute Gasteiger partial charge is 0.0354 e. The molecule has 2 aliphatic rings. The lowest BCUT2D eigenvalue weighted by Crippen LogP contribution is -2.56. The molecule has 2 aliphatic carbocycles. The zero-order valence-electron chi connectivity index (χ0n) is 10.6. The van der Waals surface area contributed by atoms with Gasteiger partial charge in [-0.15, -0.1) is 0 Å². The van der Waals surface area contributed by atoms with Gasteiger partial charge in [0.05, 0.1) is 0 Å². The van der Waals surface area contributed by atoms with Crippen molar-refractivity contribution in [2.45, 2.75) is 51.5 Å². The predicted molar refractivity (Wildman–Crippen MR) is 64.8 cm³/mol. The molecular weight excluding hydrogens is 184 g/mol. The van der Waals surface area contributed by atoms with Crippen LogP contribution >= 0.6 is 0 Å². The molecule has 0 amide bonds. The van der Waals surface area contributed by atoms with Gasteiger partial charge in [-0.2, -0.15) is 0 Å². The van der Waals surface area contributed by atoms with Crippen molar-refractivity contribution in [3.05, 3.63) is 0 Å². The monoisotopic (exact) mass is 210 g/mol. The molecule has 0 radical (unpaired) electrons. The normalized spacial score (nSPS) is 28.6. The molecule has 2 fully saturated rings. The first kappa shape index (κ1) is 11.4. The molecule has 2 heteroatoms. The molecular formula is C13H26N2.